The van der Waals surface area contributed by atoms with Gasteiger partial charge in [0.05, 0.1) is 18.2 Å². The van der Waals surface area contributed by atoms with Crippen LogP contribution in [0.3, 0.4) is 0 Å². The lowest BCUT2D eigenvalue weighted by Gasteiger charge is -2.28. The molecule has 3 aliphatic rings. The van der Waals surface area contributed by atoms with Crippen LogP contribution in [0.5, 0.6) is 0 Å². The largest absolute Gasteiger partial charge is 0.376 e. The monoisotopic (exact) mass is 333 g/mol. The van der Waals surface area contributed by atoms with Gasteiger partial charge in [-0.3, -0.25) is 5.32 Å². The van der Waals surface area contributed by atoms with E-state index in [0.29, 0.717) is 12.0 Å². The fourth-order valence-corrected chi connectivity index (χ4v) is 4.36. The third-order valence-electron chi connectivity index (χ3n) is 5.63. The summed E-state index contributed by atoms with van der Waals surface area (Å²) in [5, 5.41) is 7.37. The van der Waals surface area contributed by atoms with E-state index in [1.165, 1.54) is 19.3 Å². The Morgan fingerprint density at radius 2 is 2.00 bits per heavy atom. The lowest BCUT2D eigenvalue weighted by Crippen LogP contribution is -2.44. The van der Waals surface area contributed by atoms with Crippen LogP contribution in [0.4, 0.5) is 10.7 Å². The summed E-state index contributed by atoms with van der Waals surface area (Å²) in [4.78, 5) is 18.8. The van der Waals surface area contributed by atoms with Crippen LogP contribution in [0, 0.1) is 0 Å². The van der Waals surface area contributed by atoms with Crippen molar-refractivity contribution in [3.8, 4) is 0 Å². The highest BCUT2D eigenvalue weighted by Gasteiger charge is 2.37. The predicted octanol–water partition coefficient (Wildman–Crippen LogP) is 2.96. The third-order valence-corrected chi connectivity index (χ3v) is 5.63. The summed E-state index contributed by atoms with van der Waals surface area (Å²) in [7, 11) is 0. The first-order valence-electron chi connectivity index (χ1n) is 9.41. The Balaban J connectivity index is 1.37. The zero-order valence-electron chi connectivity index (χ0n) is 14.2. The number of ether oxygens (including phenoxy) is 1. The molecule has 2 unspecified atom stereocenters. The minimum atomic E-state index is -0.0885. The van der Waals surface area contributed by atoms with Gasteiger partial charge < -0.3 is 9.64 Å². The Morgan fingerprint density at radius 1 is 1.12 bits per heavy atom. The van der Waals surface area contributed by atoms with Crippen molar-refractivity contribution >= 4 is 12.0 Å². The maximum atomic E-state index is 12.6. The van der Waals surface area contributed by atoms with Crippen LogP contribution < -0.4 is 5.32 Å². The van der Waals surface area contributed by atoms with Gasteiger partial charge in [-0.2, -0.15) is 0 Å². The Bertz CT molecular complexity index is 563. The topological polar surface area (TPSA) is 72.3 Å². The molecule has 3 heterocycles. The SMILES string of the molecule is O=C(Nc1ncn(C2CCCCC2)n1)N1CCCC1C1CCCO1. The number of nitrogens with zero attached hydrogens (tertiary/aromatic N) is 4. The van der Waals surface area contributed by atoms with Gasteiger partial charge in [0.1, 0.15) is 6.33 Å². The first-order valence-corrected chi connectivity index (χ1v) is 9.41. The summed E-state index contributed by atoms with van der Waals surface area (Å²) in [5.74, 6) is 0.420. The van der Waals surface area contributed by atoms with Gasteiger partial charge in [-0.05, 0) is 38.5 Å². The van der Waals surface area contributed by atoms with Crippen molar-refractivity contribution in [3.05, 3.63) is 6.33 Å². The van der Waals surface area contributed by atoms with Crippen LogP contribution in [0.15, 0.2) is 6.33 Å². The summed E-state index contributed by atoms with van der Waals surface area (Å²) in [6.07, 6.45) is 12.3. The Labute approximate surface area is 142 Å². The number of amides is 2. The second-order valence-corrected chi connectivity index (χ2v) is 7.22. The number of likely N-dealkylation sites (tertiary alicyclic amines) is 1. The number of carbonyl (C=O) groups excluding carboxylic acids is 1. The van der Waals surface area contributed by atoms with Gasteiger partial charge in [0.25, 0.3) is 0 Å². The second kappa shape index (κ2) is 7.09. The van der Waals surface area contributed by atoms with E-state index in [0.717, 1.165) is 51.7 Å². The molecule has 0 bridgehead atoms. The molecule has 1 N–H and O–H groups in total. The van der Waals surface area contributed by atoms with Gasteiger partial charge in [0.15, 0.2) is 0 Å². The quantitative estimate of drug-likeness (QED) is 0.923. The molecule has 2 aliphatic heterocycles. The van der Waals surface area contributed by atoms with E-state index in [9.17, 15) is 4.79 Å². The lowest BCUT2D eigenvalue weighted by atomic mass is 9.96. The van der Waals surface area contributed by atoms with E-state index in [-0.39, 0.29) is 18.2 Å². The van der Waals surface area contributed by atoms with Crippen molar-refractivity contribution in [3.63, 3.8) is 0 Å². The summed E-state index contributed by atoms with van der Waals surface area (Å²) in [6.45, 7) is 1.61. The zero-order valence-corrected chi connectivity index (χ0v) is 14.2. The first kappa shape index (κ1) is 15.9. The Morgan fingerprint density at radius 3 is 2.79 bits per heavy atom. The fourth-order valence-electron chi connectivity index (χ4n) is 4.36. The molecule has 2 saturated heterocycles. The molecule has 3 fully saturated rings. The van der Waals surface area contributed by atoms with E-state index in [1.807, 2.05) is 9.58 Å². The van der Waals surface area contributed by atoms with Gasteiger partial charge in [-0.25, -0.2) is 14.5 Å². The van der Waals surface area contributed by atoms with Gasteiger partial charge in [-0.15, -0.1) is 5.10 Å². The lowest BCUT2D eigenvalue weighted by molar-refractivity contribution is 0.0542. The molecule has 0 aromatic carbocycles. The number of anilines is 1. The maximum absolute atomic E-state index is 12.6. The van der Waals surface area contributed by atoms with Gasteiger partial charge in [0, 0.05) is 13.2 Å². The normalized spacial score (nSPS) is 28.4. The molecule has 1 aromatic heterocycles. The molecule has 1 aromatic rings. The highest BCUT2D eigenvalue weighted by molar-refractivity contribution is 5.87. The standard InChI is InChI=1S/C17H27N5O2/c23-17(21-10-4-8-14(21)15-9-5-11-24-15)19-16-18-12-22(20-16)13-6-2-1-3-7-13/h12-15H,1-11H2,(H,19,20,23). The van der Waals surface area contributed by atoms with E-state index < -0.39 is 0 Å². The van der Waals surface area contributed by atoms with Crippen LogP contribution in [-0.2, 0) is 4.74 Å². The smallest absolute Gasteiger partial charge is 0.324 e. The Kier molecular flexibility index (Phi) is 4.69. The number of hydrogen-bond donors (Lipinski definition) is 1. The third kappa shape index (κ3) is 3.27. The second-order valence-electron chi connectivity index (χ2n) is 7.22. The van der Waals surface area contributed by atoms with Crippen molar-refractivity contribution in [2.75, 3.05) is 18.5 Å². The van der Waals surface area contributed by atoms with Crippen LogP contribution in [-0.4, -0.2) is 51.0 Å². The number of rotatable bonds is 3. The highest BCUT2D eigenvalue weighted by Crippen LogP contribution is 2.29. The van der Waals surface area contributed by atoms with Gasteiger partial charge >= 0.3 is 6.03 Å². The summed E-state index contributed by atoms with van der Waals surface area (Å²) in [6, 6.07) is 0.547. The van der Waals surface area contributed by atoms with Crippen LogP contribution >= 0.6 is 0 Å². The molecular formula is C17H27N5O2. The average molecular weight is 333 g/mol. The van der Waals surface area contributed by atoms with Crippen molar-refractivity contribution < 1.29 is 9.53 Å². The molecule has 7 nitrogen and oxygen atoms in total. The molecular weight excluding hydrogens is 306 g/mol. The predicted molar refractivity (Wildman–Crippen MR) is 89.9 cm³/mol. The molecule has 132 valence electrons. The molecule has 0 spiro atoms. The van der Waals surface area contributed by atoms with Crippen molar-refractivity contribution in [2.45, 2.75) is 76.0 Å². The van der Waals surface area contributed by atoms with Crippen LogP contribution in [0.25, 0.3) is 0 Å². The van der Waals surface area contributed by atoms with Crippen molar-refractivity contribution in [1.82, 2.24) is 19.7 Å². The molecule has 2 atom stereocenters. The van der Waals surface area contributed by atoms with Gasteiger partial charge in [-0.1, -0.05) is 19.3 Å². The van der Waals surface area contributed by atoms with Crippen molar-refractivity contribution in [1.29, 1.82) is 0 Å². The molecule has 1 aliphatic carbocycles. The van der Waals surface area contributed by atoms with E-state index in [4.69, 9.17) is 4.74 Å². The number of hydrogen-bond acceptors (Lipinski definition) is 4. The number of carbonyl (C=O) groups is 1. The van der Waals surface area contributed by atoms with E-state index in [2.05, 4.69) is 15.4 Å². The molecule has 4 rings (SSSR count). The van der Waals surface area contributed by atoms with Crippen LogP contribution in [0.2, 0.25) is 0 Å². The highest BCUT2D eigenvalue weighted by atomic mass is 16.5. The first-order chi connectivity index (χ1) is 11.8. The molecule has 7 heteroatoms. The van der Waals surface area contributed by atoms with E-state index in [1.54, 1.807) is 6.33 Å². The number of urea groups is 1. The molecule has 2 amide bonds. The van der Waals surface area contributed by atoms with Crippen molar-refractivity contribution in [2.24, 2.45) is 0 Å². The minimum absolute atomic E-state index is 0.0885. The fraction of sp³-hybridized carbons (Fsp3) is 0.824. The van der Waals surface area contributed by atoms with Crippen LogP contribution in [0.1, 0.15) is 63.8 Å². The molecule has 1 saturated carbocycles. The Hall–Kier alpha value is -1.63. The maximum Gasteiger partial charge on any atom is 0.324 e. The summed E-state index contributed by atoms with van der Waals surface area (Å²) >= 11 is 0. The van der Waals surface area contributed by atoms with Gasteiger partial charge in [0.2, 0.25) is 5.95 Å². The summed E-state index contributed by atoms with van der Waals surface area (Å²) in [5.41, 5.74) is 0. The minimum Gasteiger partial charge on any atom is -0.376 e. The zero-order chi connectivity index (χ0) is 16.4. The average Bonchev–Trinajstić information content (AvgIpc) is 3.36. The summed E-state index contributed by atoms with van der Waals surface area (Å²) < 4.78 is 7.72. The number of nitrogens with one attached hydrogen (secondary N) is 1. The molecule has 0 radical (unpaired) electrons. The number of aromatic nitrogens is 3. The molecule has 24 heavy (non-hydrogen) atoms. The van der Waals surface area contributed by atoms with E-state index >= 15 is 0 Å².